The van der Waals surface area contributed by atoms with Gasteiger partial charge >= 0.3 is 0 Å². The Morgan fingerprint density at radius 2 is 1.68 bits per heavy atom. The zero-order chi connectivity index (χ0) is 21.6. The normalized spacial score (nSPS) is 10.6. The van der Waals surface area contributed by atoms with Crippen LogP contribution in [0.5, 0.6) is 5.75 Å². The van der Waals surface area contributed by atoms with Crippen LogP contribution >= 0.6 is 0 Å². The van der Waals surface area contributed by atoms with Crippen molar-refractivity contribution in [3.63, 3.8) is 0 Å². The molecule has 1 heterocycles. The molecule has 4 rings (SSSR count). The summed E-state index contributed by atoms with van der Waals surface area (Å²) in [7, 11) is 1.64. The molecule has 5 heteroatoms. The predicted octanol–water partition coefficient (Wildman–Crippen LogP) is 5.43. The van der Waals surface area contributed by atoms with Crippen molar-refractivity contribution in [1.29, 1.82) is 0 Å². The summed E-state index contributed by atoms with van der Waals surface area (Å²) in [6.07, 6.45) is 1.09. The van der Waals surface area contributed by atoms with Gasteiger partial charge in [0.05, 0.1) is 18.5 Å². The number of hydrogen-bond donors (Lipinski definition) is 1. The van der Waals surface area contributed by atoms with Gasteiger partial charge < -0.3 is 10.1 Å². The van der Waals surface area contributed by atoms with Crippen molar-refractivity contribution < 1.29 is 9.53 Å². The maximum atomic E-state index is 12.7. The van der Waals surface area contributed by atoms with E-state index in [1.165, 1.54) is 5.56 Å². The van der Waals surface area contributed by atoms with Gasteiger partial charge in [0.25, 0.3) is 0 Å². The number of nitrogens with zero attached hydrogens (tertiary/aromatic N) is 2. The SMILES string of the molecule is COc1ccc(-c2cc(NC(=O)CCc3ccccc3)n(-c3ccc(C)cc3)n2)cc1. The summed E-state index contributed by atoms with van der Waals surface area (Å²) in [6, 6.07) is 27.7. The molecule has 5 nitrogen and oxygen atoms in total. The molecule has 1 amide bonds. The van der Waals surface area contributed by atoms with Gasteiger partial charge in [0.1, 0.15) is 11.6 Å². The van der Waals surface area contributed by atoms with Crippen LogP contribution in [0.1, 0.15) is 17.5 Å². The fraction of sp³-hybridized carbons (Fsp3) is 0.154. The zero-order valence-corrected chi connectivity index (χ0v) is 17.7. The fourth-order valence-corrected chi connectivity index (χ4v) is 3.36. The van der Waals surface area contributed by atoms with Crippen LogP contribution in [0.4, 0.5) is 5.82 Å². The van der Waals surface area contributed by atoms with Crippen LogP contribution in [0.25, 0.3) is 16.9 Å². The lowest BCUT2D eigenvalue weighted by atomic mass is 10.1. The molecule has 0 unspecified atom stereocenters. The molecule has 1 N–H and O–H groups in total. The average Bonchev–Trinajstić information content (AvgIpc) is 3.22. The average molecular weight is 412 g/mol. The molecule has 0 radical (unpaired) electrons. The first kappa shape index (κ1) is 20.4. The van der Waals surface area contributed by atoms with E-state index in [0.717, 1.165) is 28.3 Å². The molecule has 0 saturated heterocycles. The Morgan fingerprint density at radius 1 is 0.968 bits per heavy atom. The number of aromatic nitrogens is 2. The third-order valence-corrected chi connectivity index (χ3v) is 5.12. The molecular formula is C26H25N3O2. The summed E-state index contributed by atoms with van der Waals surface area (Å²) >= 11 is 0. The number of nitrogens with one attached hydrogen (secondary N) is 1. The second kappa shape index (κ2) is 9.30. The minimum atomic E-state index is -0.0432. The number of amides is 1. The van der Waals surface area contributed by atoms with Crippen molar-refractivity contribution >= 4 is 11.7 Å². The molecular weight excluding hydrogens is 386 g/mol. The van der Waals surface area contributed by atoms with Crippen molar-refractivity contribution in [2.24, 2.45) is 0 Å². The largest absolute Gasteiger partial charge is 0.497 e. The van der Waals surface area contributed by atoms with Crippen LogP contribution in [0.3, 0.4) is 0 Å². The first-order valence-electron chi connectivity index (χ1n) is 10.3. The molecule has 0 aliphatic rings. The maximum absolute atomic E-state index is 12.7. The van der Waals surface area contributed by atoms with Gasteiger partial charge in [-0.2, -0.15) is 5.10 Å². The van der Waals surface area contributed by atoms with Crippen LogP contribution in [-0.4, -0.2) is 22.8 Å². The van der Waals surface area contributed by atoms with Crippen LogP contribution in [-0.2, 0) is 11.2 Å². The first-order chi connectivity index (χ1) is 15.1. The Bertz CT molecular complexity index is 1150. The second-order valence-electron chi connectivity index (χ2n) is 7.42. The molecule has 31 heavy (non-hydrogen) atoms. The molecule has 0 aliphatic heterocycles. The van der Waals surface area contributed by atoms with Crippen molar-refractivity contribution in [1.82, 2.24) is 9.78 Å². The molecule has 0 saturated carbocycles. The number of benzene rings is 3. The van der Waals surface area contributed by atoms with E-state index in [-0.39, 0.29) is 5.91 Å². The highest BCUT2D eigenvalue weighted by Crippen LogP contribution is 2.26. The van der Waals surface area contributed by atoms with E-state index in [1.807, 2.05) is 91.9 Å². The molecule has 4 aromatic rings. The fourth-order valence-electron chi connectivity index (χ4n) is 3.36. The Morgan fingerprint density at radius 3 is 2.35 bits per heavy atom. The molecule has 3 aromatic carbocycles. The van der Waals surface area contributed by atoms with E-state index < -0.39 is 0 Å². The predicted molar refractivity (Wildman–Crippen MR) is 124 cm³/mol. The van der Waals surface area contributed by atoms with Gasteiger partial charge in [-0.25, -0.2) is 4.68 Å². The Balaban J connectivity index is 1.60. The van der Waals surface area contributed by atoms with E-state index >= 15 is 0 Å². The number of carbonyl (C=O) groups is 1. The Hall–Kier alpha value is -3.86. The van der Waals surface area contributed by atoms with E-state index in [0.29, 0.717) is 18.7 Å². The summed E-state index contributed by atoms with van der Waals surface area (Å²) < 4.78 is 7.03. The molecule has 0 spiro atoms. The van der Waals surface area contributed by atoms with Gasteiger partial charge in [-0.3, -0.25) is 4.79 Å². The number of ether oxygens (including phenoxy) is 1. The van der Waals surface area contributed by atoms with Gasteiger partial charge in [-0.1, -0.05) is 48.0 Å². The van der Waals surface area contributed by atoms with Crippen molar-refractivity contribution in [3.05, 3.63) is 96.1 Å². The van der Waals surface area contributed by atoms with Crippen LogP contribution in [0.15, 0.2) is 84.9 Å². The van der Waals surface area contributed by atoms with Gasteiger partial charge in [0.2, 0.25) is 5.91 Å². The summed E-state index contributed by atoms with van der Waals surface area (Å²) in [5, 5.41) is 7.81. The molecule has 0 aliphatic carbocycles. The van der Waals surface area contributed by atoms with E-state index in [2.05, 4.69) is 5.32 Å². The van der Waals surface area contributed by atoms with E-state index in [4.69, 9.17) is 9.84 Å². The van der Waals surface area contributed by atoms with Gasteiger partial charge in [0.15, 0.2) is 0 Å². The van der Waals surface area contributed by atoms with Crippen molar-refractivity contribution in [3.8, 4) is 22.7 Å². The number of hydrogen-bond acceptors (Lipinski definition) is 3. The quantitative estimate of drug-likeness (QED) is 0.441. The third kappa shape index (κ3) is 5.01. The minimum Gasteiger partial charge on any atom is -0.497 e. The van der Waals surface area contributed by atoms with Gasteiger partial charge in [0, 0.05) is 18.1 Å². The third-order valence-electron chi connectivity index (χ3n) is 5.12. The summed E-state index contributed by atoms with van der Waals surface area (Å²) in [5.74, 6) is 1.39. The molecule has 156 valence electrons. The smallest absolute Gasteiger partial charge is 0.225 e. The van der Waals surface area contributed by atoms with E-state index in [1.54, 1.807) is 11.8 Å². The highest BCUT2D eigenvalue weighted by Gasteiger charge is 2.14. The Kier molecular flexibility index (Phi) is 6.13. The topological polar surface area (TPSA) is 56.1 Å². The molecule has 0 atom stereocenters. The minimum absolute atomic E-state index is 0.0432. The maximum Gasteiger partial charge on any atom is 0.225 e. The number of carbonyl (C=O) groups excluding carboxylic acids is 1. The number of anilines is 1. The zero-order valence-electron chi connectivity index (χ0n) is 17.7. The summed E-state index contributed by atoms with van der Waals surface area (Å²) in [6.45, 7) is 2.04. The van der Waals surface area contributed by atoms with Gasteiger partial charge in [-0.05, 0) is 55.3 Å². The standard InChI is InChI=1S/C26H25N3O2/c1-19-8-13-22(14-9-19)29-25(27-26(30)17-10-20-6-4-3-5-7-20)18-24(28-29)21-11-15-23(31-2)16-12-21/h3-9,11-16,18H,10,17H2,1-2H3,(H,27,30). The highest BCUT2D eigenvalue weighted by molar-refractivity contribution is 5.91. The van der Waals surface area contributed by atoms with Gasteiger partial charge in [-0.15, -0.1) is 0 Å². The summed E-state index contributed by atoms with van der Waals surface area (Å²) in [4.78, 5) is 12.7. The van der Waals surface area contributed by atoms with Crippen LogP contribution < -0.4 is 10.1 Å². The Labute approximate surface area is 182 Å². The van der Waals surface area contributed by atoms with Crippen molar-refractivity contribution in [2.75, 3.05) is 12.4 Å². The molecule has 0 bridgehead atoms. The number of rotatable bonds is 7. The highest BCUT2D eigenvalue weighted by atomic mass is 16.5. The van der Waals surface area contributed by atoms with Crippen LogP contribution in [0.2, 0.25) is 0 Å². The van der Waals surface area contributed by atoms with E-state index in [9.17, 15) is 4.79 Å². The molecule has 0 fully saturated rings. The number of methoxy groups -OCH3 is 1. The van der Waals surface area contributed by atoms with Crippen LogP contribution in [0, 0.1) is 6.92 Å². The first-order valence-corrected chi connectivity index (χ1v) is 10.3. The lowest BCUT2D eigenvalue weighted by Gasteiger charge is -2.09. The molecule has 1 aromatic heterocycles. The van der Waals surface area contributed by atoms with Crippen molar-refractivity contribution in [2.45, 2.75) is 19.8 Å². The monoisotopic (exact) mass is 411 g/mol. The second-order valence-corrected chi connectivity index (χ2v) is 7.42. The lowest BCUT2D eigenvalue weighted by Crippen LogP contribution is -2.15. The number of aryl methyl sites for hydroxylation is 2. The lowest BCUT2D eigenvalue weighted by molar-refractivity contribution is -0.116. The summed E-state index contributed by atoms with van der Waals surface area (Å²) in [5.41, 5.74) is 4.93.